The van der Waals surface area contributed by atoms with E-state index in [2.05, 4.69) is 104 Å². The van der Waals surface area contributed by atoms with Crippen molar-refractivity contribution in [3.8, 4) is 5.75 Å². The summed E-state index contributed by atoms with van der Waals surface area (Å²) in [4.78, 5) is 237. The maximum absolute atomic E-state index is 14.7. The van der Waals surface area contributed by atoms with Crippen molar-refractivity contribution in [1.82, 2.24) is 84.0 Å². The van der Waals surface area contributed by atoms with Gasteiger partial charge in [0.25, 0.3) is 0 Å². The molecule has 14 amide bonds. The van der Waals surface area contributed by atoms with Gasteiger partial charge in [0, 0.05) is 84.4 Å². The summed E-state index contributed by atoms with van der Waals surface area (Å²) in [5.41, 5.74) is 8.47. The van der Waals surface area contributed by atoms with Crippen molar-refractivity contribution in [3.63, 3.8) is 0 Å². The van der Waals surface area contributed by atoms with E-state index in [1.54, 1.807) is 74.8 Å². The number of hydrogen-bond acceptors (Lipinski definition) is 23. The highest BCUT2D eigenvalue weighted by molar-refractivity contribution is 7.80. The average Bonchev–Trinajstić information content (AvgIpc) is 1.64. The molecule has 642 valence electrons. The molecular formula is C76H103N17O23S2. The molecule has 23 N–H and O–H groups in total. The monoisotopic (exact) mass is 1690 g/mol. The van der Waals surface area contributed by atoms with Gasteiger partial charge in [-0.25, -0.2) is 4.79 Å². The second-order valence-electron chi connectivity index (χ2n) is 28.9. The Morgan fingerprint density at radius 2 is 0.898 bits per heavy atom. The number of aromatic nitrogens is 2. The quantitative estimate of drug-likeness (QED) is 0.0164. The summed E-state index contributed by atoms with van der Waals surface area (Å²) in [5, 5.41) is 92.5. The maximum Gasteiger partial charge on any atom is 0.326 e. The fourth-order valence-electron chi connectivity index (χ4n) is 12.6. The lowest BCUT2D eigenvalue weighted by molar-refractivity contribution is -0.143. The van der Waals surface area contributed by atoms with Gasteiger partial charge < -0.3 is 120 Å². The highest BCUT2D eigenvalue weighted by Gasteiger charge is 2.42. The largest absolute Gasteiger partial charge is 0.508 e. The lowest BCUT2D eigenvalue weighted by Gasteiger charge is -2.30. The number of benzene rings is 3. The van der Waals surface area contributed by atoms with Gasteiger partial charge in [-0.3, -0.25) is 76.7 Å². The number of aliphatic hydroxyl groups is 2. The van der Waals surface area contributed by atoms with Gasteiger partial charge in [-0.05, 0) is 91.8 Å². The number of aromatic amines is 2. The highest BCUT2D eigenvalue weighted by atomic mass is 32.1. The standard InChI is InChI=1S/C76H103N17O23S2/c1-37(2)25-53(76(115)116)87-70(109)54(33-94)88-68(107)51(27-41-29-78-46-13-8-6-11-44(41)46)85-71(110)57(36-118)91-67(106)49(21-23-62(101)102)83-74(113)63(38(3)4)92-60(98)32-80-59(97)31-81-65(104)50(26-40-16-18-43(96)19-17-40)84-66(105)48(20-22-61(99)100)82-69(108)55(34-95)89-73(112)58-15-10-24-93(58)75(114)52(28-42-30-79-47-14-9-7-12-45(42)47)86-72(111)56(35-117)90-64(103)39(5)77/h6-9,11-14,16-19,29-30,37-39,48-58,63,78-79,94-96,117-118H,10,15,20-28,31-36,77H2,1-5H3,(H,80,97)(H,81,104)(H,82,108)(H,83,113)(H,84,105)(H,85,110)(H,86,111)(H,87,109)(H,88,107)(H,89,112)(H,90,103)(H,91,106)(H,92,98)(H,99,100)(H,101,102)(H,115,116)/t39-,48-,49-,50-,51-,52-,53-,54-,55-,56-,57-,58-,63-/m0/s1. The molecule has 118 heavy (non-hydrogen) atoms. The number of nitrogens with one attached hydrogen (secondary N) is 15. The molecule has 3 aromatic carbocycles. The molecule has 13 atom stereocenters. The third-order valence-corrected chi connectivity index (χ3v) is 19.7. The Hall–Kier alpha value is -11.9. The van der Waals surface area contributed by atoms with Gasteiger partial charge >= 0.3 is 17.9 Å². The molecular weight excluding hydrogens is 1580 g/mol. The van der Waals surface area contributed by atoms with Crippen molar-refractivity contribution in [1.29, 1.82) is 0 Å². The average molecular weight is 1690 g/mol. The number of carboxylic acid groups (broad SMARTS) is 3. The fraction of sp³-hybridized carbons (Fsp3) is 0.487. The van der Waals surface area contributed by atoms with Crippen LogP contribution in [0.3, 0.4) is 0 Å². The van der Waals surface area contributed by atoms with Gasteiger partial charge in [-0.15, -0.1) is 0 Å². The van der Waals surface area contributed by atoms with Gasteiger partial charge in [0.15, 0.2) is 0 Å². The zero-order valence-corrected chi connectivity index (χ0v) is 67.1. The van der Waals surface area contributed by atoms with Gasteiger partial charge in [0.05, 0.1) is 32.3 Å². The number of carbonyl (C=O) groups is 17. The van der Waals surface area contributed by atoms with E-state index in [-0.39, 0.29) is 62.5 Å². The van der Waals surface area contributed by atoms with Crippen LogP contribution in [0, 0.1) is 11.8 Å². The first-order valence-corrected chi connectivity index (χ1v) is 39.1. The van der Waals surface area contributed by atoms with Crippen molar-refractivity contribution >= 4 is 148 Å². The van der Waals surface area contributed by atoms with Crippen LogP contribution in [0.4, 0.5) is 0 Å². The Morgan fingerprint density at radius 1 is 0.475 bits per heavy atom. The van der Waals surface area contributed by atoms with E-state index in [0.717, 1.165) is 0 Å². The van der Waals surface area contributed by atoms with E-state index in [0.29, 0.717) is 38.5 Å². The molecule has 2 aromatic heterocycles. The molecule has 42 heteroatoms. The van der Waals surface area contributed by atoms with Crippen molar-refractivity contribution in [2.75, 3.05) is 44.4 Å². The third-order valence-electron chi connectivity index (χ3n) is 19.0. The molecule has 0 saturated carbocycles. The molecule has 0 aliphatic carbocycles. The van der Waals surface area contributed by atoms with Crippen molar-refractivity contribution in [2.45, 2.75) is 177 Å². The summed E-state index contributed by atoms with van der Waals surface area (Å²) in [7, 11) is 0. The molecule has 1 fully saturated rings. The van der Waals surface area contributed by atoms with Crippen LogP contribution in [0.5, 0.6) is 5.75 Å². The number of phenolic OH excluding ortho intramolecular Hbond substituents is 1. The van der Waals surface area contributed by atoms with Gasteiger partial charge in [-0.2, -0.15) is 25.3 Å². The number of carbonyl (C=O) groups excluding carboxylic acids is 14. The molecule has 1 aliphatic heterocycles. The molecule has 0 unspecified atom stereocenters. The van der Waals surface area contributed by atoms with Crippen LogP contribution in [0.15, 0.2) is 85.2 Å². The number of likely N-dealkylation sites (tertiary alicyclic amines) is 1. The summed E-state index contributed by atoms with van der Waals surface area (Å²) in [6.45, 7) is 3.91. The minimum Gasteiger partial charge on any atom is -0.508 e. The zero-order chi connectivity index (χ0) is 87.2. The number of para-hydroxylation sites is 2. The molecule has 5 aromatic rings. The topological polar surface area (TPSA) is 629 Å². The Bertz CT molecular complexity index is 4430. The van der Waals surface area contributed by atoms with Crippen LogP contribution in [0.25, 0.3) is 21.8 Å². The number of thiol groups is 2. The number of rotatable bonds is 47. The van der Waals surface area contributed by atoms with E-state index >= 15 is 0 Å². The van der Waals surface area contributed by atoms with E-state index in [9.17, 15) is 112 Å². The number of H-pyrrole nitrogens is 2. The molecule has 1 saturated heterocycles. The number of nitrogens with two attached hydrogens (primary N) is 1. The smallest absolute Gasteiger partial charge is 0.326 e. The number of phenols is 1. The lowest BCUT2D eigenvalue weighted by Crippen LogP contribution is -2.61. The van der Waals surface area contributed by atoms with E-state index in [1.807, 2.05) is 0 Å². The minimum atomic E-state index is -1.86. The number of amides is 14. The second kappa shape index (κ2) is 46.2. The third kappa shape index (κ3) is 28.8. The minimum absolute atomic E-state index is 0.00305. The first kappa shape index (κ1) is 95.0. The lowest BCUT2D eigenvalue weighted by atomic mass is 10.0. The normalized spacial score (nSPS) is 15.6. The highest BCUT2D eigenvalue weighted by Crippen LogP contribution is 2.25. The first-order valence-electron chi connectivity index (χ1n) is 37.9. The number of aliphatic hydroxyl groups excluding tert-OH is 2. The molecule has 3 heterocycles. The number of hydrogen-bond donors (Lipinski definition) is 24. The van der Waals surface area contributed by atoms with E-state index < -0.39 is 243 Å². The number of carboxylic acids is 3. The maximum atomic E-state index is 14.7. The number of fused-ring (bicyclic) bond motifs is 2. The van der Waals surface area contributed by atoms with Gasteiger partial charge in [-0.1, -0.05) is 76.2 Å². The predicted molar refractivity (Wildman–Crippen MR) is 429 cm³/mol. The SMILES string of the molecule is CC(C)C[C@H](NC(=O)[C@H](CO)NC(=O)[C@H](Cc1c[nH]c2ccccc12)NC(=O)[C@H](CS)NC(=O)[C@H](CCC(=O)O)NC(=O)[C@@H](NC(=O)CNC(=O)CNC(=O)[C@H](Cc1ccc(O)cc1)NC(=O)[C@H](CCC(=O)O)NC(=O)[C@H](CO)NC(=O)[C@@H]1CCCN1C(=O)[C@H](Cc1c[nH]c2ccccc12)NC(=O)[C@H](CS)NC(=O)[C@H](C)N)C(C)C)C(=O)O. The summed E-state index contributed by atoms with van der Waals surface area (Å²) >= 11 is 8.46. The van der Waals surface area contributed by atoms with Crippen molar-refractivity contribution in [2.24, 2.45) is 17.6 Å². The predicted octanol–water partition coefficient (Wildman–Crippen LogP) is -4.35. The summed E-state index contributed by atoms with van der Waals surface area (Å²) in [5.74, 6) is -20.1. The summed E-state index contributed by atoms with van der Waals surface area (Å²) in [6.07, 6.45) is 0.00566. The Labute approximate surface area is 687 Å². The van der Waals surface area contributed by atoms with Crippen LogP contribution in [0.1, 0.15) is 96.3 Å². The van der Waals surface area contributed by atoms with Crippen LogP contribution >= 0.6 is 25.3 Å². The summed E-state index contributed by atoms with van der Waals surface area (Å²) < 4.78 is 0. The van der Waals surface area contributed by atoms with Crippen LogP contribution in [-0.2, 0) is 101 Å². The van der Waals surface area contributed by atoms with Gasteiger partial charge in [0.1, 0.15) is 78.3 Å². The second-order valence-corrected chi connectivity index (χ2v) is 29.7. The molecule has 0 radical (unpaired) electrons. The number of aromatic hydroxyl groups is 1. The van der Waals surface area contributed by atoms with Gasteiger partial charge in [0.2, 0.25) is 82.7 Å². The molecule has 40 nitrogen and oxygen atoms in total. The van der Waals surface area contributed by atoms with E-state index in [4.69, 9.17) is 5.73 Å². The summed E-state index contributed by atoms with van der Waals surface area (Å²) in [6, 6.07) is -0.508. The molecule has 0 bridgehead atoms. The molecule has 6 rings (SSSR count). The molecule has 0 spiro atoms. The van der Waals surface area contributed by atoms with Crippen LogP contribution in [0.2, 0.25) is 0 Å². The number of nitrogens with zero attached hydrogens (tertiary/aromatic N) is 1. The Kier molecular flexibility index (Phi) is 37.1. The van der Waals surface area contributed by atoms with Crippen molar-refractivity contribution < 1.29 is 112 Å². The number of aliphatic carboxylic acids is 3. The zero-order valence-electron chi connectivity index (χ0n) is 65.3. The Balaban J connectivity index is 1.09. The fourth-order valence-corrected chi connectivity index (χ4v) is 13.1. The van der Waals surface area contributed by atoms with Crippen LogP contribution in [-0.4, -0.2) is 269 Å². The molecule has 1 aliphatic rings. The van der Waals surface area contributed by atoms with Crippen LogP contribution < -0.4 is 74.9 Å². The van der Waals surface area contributed by atoms with Crippen molar-refractivity contribution in [3.05, 3.63) is 102 Å². The Morgan fingerprint density at radius 3 is 1.39 bits per heavy atom. The first-order chi connectivity index (χ1) is 55.9. The van der Waals surface area contributed by atoms with E-state index in [1.165, 1.54) is 49.9 Å².